The fraction of sp³-hybridized carbons (Fsp3) is 0.333. The Balaban J connectivity index is 2.37. The van der Waals surface area contributed by atoms with E-state index in [0.717, 1.165) is 17.1 Å². The van der Waals surface area contributed by atoms with Gasteiger partial charge in [-0.05, 0) is 34.2 Å². The van der Waals surface area contributed by atoms with Crippen LogP contribution < -0.4 is 9.47 Å². The van der Waals surface area contributed by atoms with Crippen LogP contribution in [0.5, 0.6) is 11.5 Å². The highest BCUT2D eigenvalue weighted by Crippen LogP contribution is 2.33. The molecule has 0 fully saturated rings. The van der Waals surface area contributed by atoms with Gasteiger partial charge in [0, 0.05) is 0 Å². The largest absolute Gasteiger partial charge is 0.493 e. The van der Waals surface area contributed by atoms with Crippen LogP contribution in [-0.2, 0) is 5.41 Å². The fourth-order valence-electron chi connectivity index (χ4n) is 2.18. The van der Waals surface area contributed by atoms with E-state index >= 15 is 0 Å². The number of methoxy groups -OCH3 is 2. The molecule has 0 amide bonds. The van der Waals surface area contributed by atoms with E-state index in [1.165, 1.54) is 11.1 Å². The molecule has 20 heavy (non-hydrogen) atoms. The van der Waals surface area contributed by atoms with Crippen molar-refractivity contribution in [2.45, 2.75) is 26.2 Å². The molecule has 2 nitrogen and oxygen atoms in total. The van der Waals surface area contributed by atoms with Gasteiger partial charge in [0.05, 0.1) is 14.2 Å². The van der Waals surface area contributed by atoms with Crippen LogP contribution in [0.4, 0.5) is 0 Å². The molecule has 0 saturated heterocycles. The zero-order valence-corrected chi connectivity index (χ0v) is 12.9. The Morgan fingerprint density at radius 3 is 1.75 bits per heavy atom. The highest BCUT2D eigenvalue weighted by Gasteiger charge is 2.13. The minimum atomic E-state index is 0.177. The Morgan fingerprint density at radius 1 is 0.700 bits per heavy atom. The van der Waals surface area contributed by atoms with Gasteiger partial charge in [0.25, 0.3) is 0 Å². The molecular weight excluding hydrogens is 248 g/mol. The molecule has 0 heterocycles. The summed E-state index contributed by atoms with van der Waals surface area (Å²) in [6.45, 7) is 6.66. The quantitative estimate of drug-likeness (QED) is 0.807. The Hall–Kier alpha value is -1.96. The number of benzene rings is 2. The van der Waals surface area contributed by atoms with E-state index in [2.05, 4.69) is 45.0 Å². The van der Waals surface area contributed by atoms with E-state index in [1.807, 2.05) is 18.2 Å². The SMILES string of the molecule is COc1ccc(-c2ccc(C(C)(C)C)cc2)cc1OC. The van der Waals surface area contributed by atoms with Gasteiger partial charge in [0.1, 0.15) is 0 Å². The second-order valence-corrected chi connectivity index (χ2v) is 5.90. The molecule has 0 aromatic heterocycles. The topological polar surface area (TPSA) is 18.5 Å². The predicted molar refractivity (Wildman–Crippen MR) is 83.7 cm³/mol. The maximum Gasteiger partial charge on any atom is 0.161 e. The molecule has 2 aromatic rings. The van der Waals surface area contributed by atoms with E-state index in [1.54, 1.807) is 14.2 Å². The Labute approximate surface area is 121 Å². The summed E-state index contributed by atoms with van der Waals surface area (Å²) in [5.41, 5.74) is 3.82. The van der Waals surface area contributed by atoms with Crippen LogP contribution in [0.15, 0.2) is 42.5 Å². The Morgan fingerprint density at radius 2 is 1.25 bits per heavy atom. The second kappa shape index (κ2) is 5.58. The van der Waals surface area contributed by atoms with Gasteiger partial charge in [-0.15, -0.1) is 0 Å². The van der Waals surface area contributed by atoms with Crippen molar-refractivity contribution >= 4 is 0 Å². The third-order valence-electron chi connectivity index (χ3n) is 3.47. The van der Waals surface area contributed by atoms with Crippen LogP contribution in [0, 0.1) is 0 Å². The lowest BCUT2D eigenvalue weighted by atomic mass is 9.86. The molecule has 0 unspecified atom stereocenters. The van der Waals surface area contributed by atoms with Crippen LogP contribution in [0.1, 0.15) is 26.3 Å². The van der Waals surface area contributed by atoms with E-state index in [-0.39, 0.29) is 5.41 Å². The lowest BCUT2D eigenvalue weighted by molar-refractivity contribution is 0.355. The van der Waals surface area contributed by atoms with E-state index in [4.69, 9.17) is 9.47 Å². The molecule has 2 aromatic carbocycles. The predicted octanol–water partition coefficient (Wildman–Crippen LogP) is 4.67. The molecule has 2 rings (SSSR count). The molecule has 0 N–H and O–H groups in total. The number of hydrogen-bond acceptors (Lipinski definition) is 2. The van der Waals surface area contributed by atoms with E-state index in [9.17, 15) is 0 Å². The molecular formula is C18H22O2. The van der Waals surface area contributed by atoms with Crippen molar-refractivity contribution in [3.05, 3.63) is 48.0 Å². The molecule has 0 aliphatic heterocycles. The van der Waals surface area contributed by atoms with Crippen molar-refractivity contribution in [1.82, 2.24) is 0 Å². The highest BCUT2D eigenvalue weighted by molar-refractivity contribution is 5.67. The molecule has 0 atom stereocenters. The molecule has 0 saturated carbocycles. The minimum absolute atomic E-state index is 0.177. The van der Waals surface area contributed by atoms with E-state index in [0.29, 0.717) is 0 Å². The average molecular weight is 270 g/mol. The monoisotopic (exact) mass is 270 g/mol. The summed E-state index contributed by atoms with van der Waals surface area (Å²) >= 11 is 0. The van der Waals surface area contributed by atoms with Gasteiger partial charge in [-0.25, -0.2) is 0 Å². The fourth-order valence-corrected chi connectivity index (χ4v) is 2.18. The molecule has 0 radical (unpaired) electrons. The molecule has 0 spiro atoms. The smallest absolute Gasteiger partial charge is 0.161 e. The maximum atomic E-state index is 5.35. The van der Waals surface area contributed by atoms with Crippen LogP contribution >= 0.6 is 0 Å². The van der Waals surface area contributed by atoms with Gasteiger partial charge in [-0.1, -0.05) is 51.1 Å². The van der Waals surface area contributed by atoms with Gasteiger partial charge in [-0.3, -0.25) is 0 Å². The lowest BCUT2D eigenvalue weighted by Gasteiger charge is -2.19. The zero-order valence-electron chi connectivity index (χ0n) is 12.9. The molecule has 0 bridgehead atoms. The van der Waals surface area contributed by atoms with Gasteiger partial charge >= 0.3 is 0 Å². The molecule has 0 aliphatic carbocycles. The van der Waals surface area contributed by atoms with Crippen LogP contribution in [0.25, 0.3) is 11.1 Å². The lowest BCUT2D eigenvalue weighted by Crippen LogP contribution is -2.10. The summed E-state index contributed by atoms with van der Waals surface area (Å²) in [5, 5.41) is 0. The summed E-state index contributed by atoms with van der Waals surface area (Å²) in [7, 11) is 3.31. The van der Waals surface area contributed by atoms with Crippen LogP contribution in [0.3, 0.4) is 0 Å². The normalized spacial score (nSPS) is 11.2. The van der Waals surface area contributed by atoms with Crippen molar-refractivity contribution < 1.29 is 9.47 Å². The third kappa shape index (κ3) is 2.96. The number of hydrogen-bond donors (Lipinski definition) is 0. The van der Waals surface area contributed by atoms with E-state index < -0.39 is 0 Å². The first-order chi connectivity index (χ1) is 9.45. The number of rotatable bonds is 3. The van der Waals surface area contributed by atoms with Crippen molar-refractivity contribution in [3.8, 4) is 22.6 Å². The summed E-state index contributed by atoms with van der Waals surface area (Å²) < 4.78 is 10.6. The molecule has 2 heteroatoms. The van der Waals surface area contributed by atoms with Crippen LogP contribution in [0.2, 0.25) is 0 Å². The van der Waals surface area contributed by atoms with Crippen molar-refractivity contribution in [2.24, 2.45) is 0 Å². The first kappa shape index (κ1) is 14.4. The van der Waals surface area contributed by atoms with Gasteiger partial charge in [0.15, 0.2) is 11.5 Å². The number of ether oxygens (including phenoxy) is 2. The molecule has 0 aliphatic rings. The van der Waals surface area contributed by atoms with Gasteiger partial charge in [-0.2, -0.15) is 0 Å². The standard InChI is InChI=1S/C18H22O2/c1-18(2,3)15-9-6-13(7-10-15)14-8-11-16(19-4)17(12-14)20-5/h6-12H,1-5H3. The van der Waals surface area contributed by atoms with Crippen LogP contribution in [-0.4, -0.2) is 14.2 Å². The summed E-state index contributed by atoms with van der Waals surface area (Å²) in [6, 6.07) is 14.7. The van der Waals surface area contributed by atoms with Crippen molar-refractivity contribution in [2.75, 3.05) is 14.2 Å². The highest BCUT2D eigenvalue weighted by atomic mass is 16.5. The maximum absolute atomic E-state index is 5.35. The minimum Gasteiger partial charge on any atom is -0.493 e. The van der Waals surface area contributed by atoms with Crippen molar-refractivity contribution in [3.63, 3.8) is 0 Å². The van der Waals surface area contributed by atoms with Gasteiger partial charge in [0.2, 0.25) is 0 Å². The second-order valence-electron chi connectivity index (χ2n) is 5.90. The third-order valence-corrected chi connectivity index (χ3v) is 3.47. The Kier molecular flexibility index (Phi) is 4.03. The zero-order chi connectivity index (χ0) is 14.8. The molecule has 106 valence electrons. The first-order valence-electron chi connectivity index (χ1n) is 6.78. The first-order valence-corrected chi connectivity index (χ1v) is 6.78. The summed E-state index contributed by atoms with van der Waals surface area (Å²) in [4.78, 5) is 0. The summed E-state index contributed by atoms with van der Waals surface area (Å²) in [5.74, 6) is 1.51. The van der Waals surface area contributed by atoms with Gasteiger partial charge < -0.3 is 9.47 Å². The average Bonchev–Trinajstić information content (AvgIpc) is 2.45. The Bertz CT molecular complexity index is 577. The summed E-state index contributed by atoms with van der Waals surface area (Å²) in [6.07, 6.45) is 0. The van der Waals surface area contributed by atoms with Crippen molar-refractivity contribution in [1.29, 1.82) is 0 Å².